The predicted molar refractivity (Wildman–Crippen MR) is 60.8 cm³/mol. The monoisotopic (exact) mass is 241 g/mol. The van der Waals surface area contributed by atoms with Gasteiger partial charge in [0.25, 0.3) is 0 Å². The topological polar surface area (TPSA) is 69.6 Å². The summed E-state index contributed by atoms with van der Waals surface area (Å²) in [6.07, 6.45) is -2.39. The molecule has 0 aromatic heterocycles. The van der Waals surface area contributed by atoms with Crippen LogP contribution in [0.3, 0.4) is 0 Å². The third-order valence-electron chi connectivity index (χ3n) is 2.55. The minimum Gasteiger partial charge on any atom is -0.388 e. The van der Waals surface area contributed by atoms with E-state index in [4.69, 9.17) is 0 Å². The SMILES string of the molecule is CC(=O)NCC(O)C(O)c1cccc(F)c1C. The smallest absolute Gasteiger partial charge is 0.216 e. The van der Waals surface area contributed by atoms with E-state index in [2.05, 4.69) is 5.32 Å². The summed E-state index contributed by atoms with van der Waals surface area (Å²) in [4.78, 5) is 10.7. The van der Waals surface area contributed by atoms with E-state index < -0.39 is 18.0 Å². The molecule has 0 spiro atoms. The molecule has 0 saturated heterocycles. The number of rotatable bonds is 4. The molecule has 4 nitrogen and oxygen atoms in total. The molecule has 3 N–H and O–H groups in total. The number of hydrogen-bond donors (Lipinski definition) is 3. The molecule has 0 aliphatic carbocycles. The van der Waals surface area contributed by atoms with Crippen molar-refractivity contribution >= 4 is 5.91 Å². The van der Waals surface area contributed by atoms with Gasteiger partial charge in [0.05, 0.1) is 0 Å². The van der Waals surface area contributed by atoms with Crippen molar-refractivity contribution in [3.63, 3.8) is 0 Å². The van der Waals surface area contributed by atoms with Gasteiger partial charge >= 0.3 is 0 Å². The third-order valence-corrected chi connectivity index (χ3v) is 2.55. The van der Waals surface area contributed by atoms with Crippen LogP contribution in [0.1, 0.15) is 24.2 Å². The number of nitrogens with one attached hydrogen (secondary N) is 1. The molecule has 2 atom stereocenters. The minimum atomic E-state index is -1.22. The average Bonchev–Trinajstić information content (AvgIpc) is 2.28. The molecule has 17 heavy (non-hydrogen) atoms. The van der Waals surface area contributed by atoms with Crippen molar-refractivity contribution in [2.75, 3.05) is 6.54 Å². The molecule has 1 aromatic carbocycles. The number of carbonyl (C=O) groups is 1. The van der Waals surface area contributed by atoms with Crippen molar-refractivity contribution in [3.05, 3.63) is 35.1 Å². The maximum absolute atomic E-state index is 13.3. The van der Waals surface area contributed by atoms with E-state index >= 15 is 0 Å². The Kier molecular flexibility index (Phi) is 4.60. The quantitative estimate of drug-likeness (QED) is 0.725. The highest BCUT2D eigenvalue weighted by Crippen LogP contribution is 2.22. The standard InChI is InChI=1S/C12H16FNO3/c1-7-9(4-3-5-10(7)13)12(17)11(16)6-14-8(2)15/h3-5,11-12,16-17H,6H2,1-2H3,(H,14,15). The first-order valence-electron chi connectivity index (χ1n) is 5.29. The summed E-state index contributed by atoms with van der Waals surface area (Å²) in [5.74, 6) is -0.736. The Balaban J connectivity index is 2.77. The maximum Gasteiger partial charge on any atom is 0.216 e. The van der Waals surface area contributed by atoms with E-state index in [1.54, 1.807) is 6.07 Å². The van der Waals surface area contributed by atoms with Crippen LogP contribution in [0.4, 0.5) is 4.39 Å². The predicted octanol–water partition coefficient (Wildman–Crippen LogP) is 0.665. The van der Waals surface area contributed by atoms with Crippen molar-refractivity contribution in [1.29, 1.82) is 0 Å². The molecular weight excluding hydrogens is 225 g/mol. The second-order valence-electron chi connectivity index (χ2n) is 3.90. The van der Waals surface area contributed by atoms with Gasteiger partial charge in [-0.3, -0.25) is 4.79 Å². The number of aliphatic hydroxyl groups is 2. The fourth-order valence-electron chi connectivity index (χ4n) is 1.51. The number of halogens is 1. The van der Waals surface area contributed by atoms with Gasteiger partial charge in [0.1, 0.15) is 18.0 Å². The Morgan fingerprint density at radius 3 is 2.71 bits per heavy atom. The van der Waals surface area contributed by atoms with Crippen LogP contribution in [0.5, 0.6) is 0 Å². The van der Waals surface area contributed by atoms with Gasteiger partial charge in [-0.1, -0.05) is 12.1 Å². The molecule has 0 saturated carbocycles. The molecule has 5 heteroatoms. The lowest BCUT2D eigenvalue weighted by Gasteiger charge is -2.20. The average molecular weight is 241 g/mol. The Morgan fingerprint density at radius 1 is 1.47 bits per heavy atom. The second-order valence-corrected chi connectivity index (χ2v) is 3.90. The Bertz CT molecular complexity index is 409. The molecule has 0 radical (unpaired) electrons. The molecule has 0 aliphatic rings. The van der Waals surface area contributed by atoms with Gasteiger partial charge in [-0.15, -0.1) is 0 Å². The highest BCUT2D eigenvalue weighted by molar-refractivity contribution is 5.72. The summed E-state index contributed by atoms with van der Waals surface area (Å²) in [6, 6.07) is 4.29. The zero-order valence-electron chi connectivity index (χ0n) is 9.77. The summed E-state index contributed by atoms with van der Waals surface area (Å²) >= 11 is 0. The molecule has 1 rings (SSSR count). The Morgan fingerprint density at radius 2 is 2.12 bits per heavy atom. The lowest BCUT2D eigenvalue weighted by molar-refractivity contribution is -0.119. The maximum atomic E-state index is 13.3. The van der Waals surface area contributed by atoms with Crippen molar-refractivity contribution in [1.82, 2.24) is 5.32 Å². The van der Waals surface area contributed by atoms with Gasteiger partial charge in [0.2, 0.25) is 5.91 Å². The van der Waals surface area contributed by atoms with E-state index in [1.165, 1.54) is 26.0 Å². The van der Waals surface area contributed by atoms with Crippen LogP contribution in [0.2, 0.25) is 0 Å². The molecule has 0 fully saturated rings. The van der Waals surface area contributed by atoms with Crippen LogP contribution in [-0.2, 0) is 4.79 Å². The third kappa shape index (κ3) is 3.51. The molecule has 94 valence electrons. The number of carbonyl (C=O) groups excluding carboxylic acids is 1. The van der Waals surface area contributed by atoms with Gasteiger partial charge in [-0.2, -0.15) is 0 Å². The van der Waals surface area contributed by atoms with Crippen molar-refractivity contribution < 1.29 is 19.4 Å². The highest BCUT2D eigenvalue weighted by Gasteiger charge is 2.21. The second kappa shape index (κ2) is 5.75. The number of benzene rings is 1. The Hall–Kier alpha value is -1.46. The van der Waals surface area contributed by atoms with Gasteiger partial charge in [0.15, 0.2) is 0 Å². The van der Waals surface area contributed by atoms with Crippen molar-refractivity contribution in [3.8, 4) is 0 Å². The fourth-order valence-corrected chi connectivity index (χ4v) is 1.51. The lowest BCUT2D eigenvalue weighted by atomic mass is 9.99. The molecule has 0 bridgehead atoms. The highest BCUT2D eigenvalue weighted by atomic mass is 19.1. The van der Waals surface area contributed by atoms with Crippen LogP contribution in [-0.4, -0.2) is 28.8 Å². The van der Waals surface area contributed by atoms with Gasteiger partial charge in [-0.25, -0.2) is 4.39 Å². The van der Waals surface area contributed by atoms with Gasteiger partial charge in [0, 0.05) is 13.5 Å². The van der Waals surface area contributed by atoms with Crippen LogP contribution in [0.25, 0.3) is 0 Å². The normalized spacial score (nSPS) is 14.2. The van der Waals surface area contributed by atoms with E-state index in [0.29, 0.717) is 11.1 Å². The summed E-state index contributed by atoms with van der Waals surface area (Å²) in [5, 5.41) is 21.9. The first kappa shape index (κ1) is 13.6. The summed E-state index contributed by atoms with van der Waals surface area (Å²) in [6.45, 7) is 2.76. The van der Waals surface area contributed by atoms with Crippen LogP contribution in [0.15, 0.2) is 18.2 Å². The molecule has 2 unspecified atom stereocenters. The first-order chi connectivity index (χ1) is 7.93. The zero-order chi connectivity index (χ0) is 13.0. The van der Waals surface area contributed by atoms with Crippen LogP contribution >= 0.6 is 0 Å². The first-order valence-corrected chi connectivity index (χ1v) is 5.29. The molecular formula is C12H16FNO3. The lowest BCUT2D eigenvalue weighted by Crippen LogP contribution is -2.34. The van der Waals surface area contributed by atoms with Crippen molar-refractivity contribution in [2.24, 2.45) is 0 Å². The van der Waals surface area contributed by atoms with Gasteiger partial charge in [-0.05, 0) is 24.1 Å². The van der Waals surface area contributed by atoms with Crippen molar-refractivity contribution in [2.45, 2.75) is 26.1 Å². The summed E-state index contributed by atoms with van der Waals surface area (Å²) in [5.41, 5.74) is 0.615. The molecule has 1 amide bonds. The zero-order valence-corrected chi connectivity index (χ0v) is 9.77. The molecule has 0 heterocycles. The van der Waals surface area contributed by atoms with Gasteiger partial charge < -0.3 is 15.5 Å². The van der Waals surface area contributed by atoms with E-state index in [1.807, 2.05) is 0 Å². The van der Waals surface area contributed by atoms with E-state index in [9.17, 15) is 19.4 Å². The molecule has 0 aliphatic heterocycles. The summed E-state index contributed by atoms with van der Waals surface area (Å²) in [7, 11) is 0. The minimum absolute atomic E-state index is 0.0769. The largest absolute Gasteiger partial charge is 0.388 e. The fraction of sp³-hybridized carbons (Fsp3) is 0.417. The number of aliphatic hydroxyl groups excluding tert-OH is 2. The van der Waals surface area contributed by atoms with Crippen LogP contribution < -0.4 is 5.32 Å². The number of hydrogen-bond acceptors (Lipinski definition) is 3. The molecule has 1 aromatic rings. The van der Waals surface area contributed by atoms with E-state index in [0.717, 1.165) is 0 Å². The number of amides is 1. The van der Waals surface area contributed by atoms with Crippen LogP contribution in [0, 0.1) is 12.7 Å². The Labute approximate surface area is 99.1 Å². The summed E-state index contributed by atoms with van der Waals surface area (Å²) < 4.78 is 13.3. The van der Waals surface area contributed by atoms with E-state index in [-0.39, 0.29) is 12.5 Å².